The normalized spacial score (nSPS) is 13.5. The molecule has 1 aliphatic heterocycles. The van der Waals surface area contributed by atoms with E-state index in [4.69, 9.17) is 10.5 Å². The van der Waals surface area contributed by atoms with Gasteiger partial charge < -0.3 is 37.1 Å². The Balaban J connectivity index is 1.70. The SMILES string of the molecule is CC(CC(N)=O)OCNC(=O)CNC(=O)[C@H](Cc1ccccc1)NC(=O)CNC(=O)CNC(=O)CCCCCN1C(=O)C=CC1=O. The second kappa shape index (κ2) is 20.0. The summed E-state index contributed by atoms with van der Waals surface area (Å²) in [4.78, 5) is 96.8. The highest BCUT2D eigenvalue weighted by molar-refractivity contribution is 6.12. The van der Waals surface area contributed by atoms with Gasteiger partial charge in [0.25, 0.3) is 11.8 Å². The predicted octanol–water partition coefficient (Wildman–Crippen LogP) is -2.10. The van der Waals surface area contributed by atoms with Gasteiger partial charge in [-0.05, 0) is 25.3 Å². The van der Waals surface area contributed by atoms with Crippen LogP contribution in [0.3, 0.4) is 0 Å². The van der Waals surface area contributed by atoms with Crippen LogP contribution in [0.1, 0.15) is 44.6 Å². The number of hydrogen-bond acceptors (Lipinski definition) is 9. The van der Waals surface area contributed by atoms with Crippen molar-refractivity contribution < 1.29 is 43.1 Å². The van der Waals surface area contributed by atoms with Gasteiger partial charge in [0, 0.05) is 31.5 Å². The van der Waals surface area contributed by atoms with Gasteiger partial charge in [0.2, 0.25) is 35.4 Å². The molecule has 1 aromatic rings. The van der Waals surface area contributed by atoms with E-state index in [9.17, 15) is 38.4 Å². The second-order valence-electron chi connectivity index (χ2n) is 10.4. The summed E-state index contributed by atoms with van der Waals surface area (Å²) < 4.78 is 5.25. The summed E-state index contributed by atoms with van der Waals surface area (Å²) in [5.41, 5.74) is 5.83. The minimum Gasteiger partial charge on any atom is -0.370 e. The number of hydrogen-bond donors (Lipinski definition) is 6. The Morgan fingerprint density at radius 3 is 2.07 bits per heavy atom. The molecular weight excluding hydrogens is 602 g/mol. The second-order valence-corrected chi connectivity index (χ2v) is 10.4. The monoisotopic (exact) mass is 643 g/mol. The summed E-state index contributed by atoms with van der Waals surface area (Å²) in [5, 5.41) is 12.3. The number of amides is 8. The molecule has 8 amide bonds. The van der Waals surface area contributed by atoms with Crippen molar-refractivity contribution in [1.29, 1.82) is 0 Å². The van der Waals surface area contributed by atoms with Crippen LogP contribution in [-0.4, -0.2) is 97.2 Å². The molecule has 0 bridgehead atoms. The van der Waals surface area contributed by atoms with Crippen molar-refractivity contribution in [1.82, 2.24) is 31.5 Å². The van der Waals surface area contributed by atoms with E-state index in [2.05, 4.69) is 26.6 Å². The Kier molecular flexibility index (Phi) is 16.1. The highest BCUT2D eigenvalue weighted by Crippen LogP contribution is 2.08. The van der Waals surface area contributed by atoms with Gasteiger partial charge in [0.15, 0.2) is 0 Å². The lowest BCUT2D eigenvalue weighted by molar-refractivity contribution is -0.137. The number of primary amides is 1. The topological polar surface area (TPSA) is 235 Å². The van der Waals surface area contributed by atoms with Crippen LogP contribution in [0.5, 0.6) is 0 Å². The molecule has 0 aromatic heterocycles. The van der Waals surface area contributed by atoms with E-state index < -0.39 is 54.8 Å². The molecule has 16 heteroatoms. The van der Waals surface area contributed by atoms with Crippen molar-refractivity contribution in [3.63, 3.8) is 0 Å². The molecule has 46 heavy (non-hydrogen) atoms. The van der Waals surface area contributed by atoms with Gasteiger partial charge in [0.05, 0.1) is 32.2 Å². The van der Waals surface area contributed by atoms with Crippen LogP contribution >= 0.6 is 0 Å². The van der Waals surface area contributed by atoms with Crippen molar-refractivity contribution in [3.05, 3.63) is 48.0 Å². The van der Waals surface area contributed by atoms with Crippen LogP contribution < -0.4 is 32.3 Å². The molecule has 1 aliphatic rings. The zero-order valence-electron chi connectivity index (χ0n) is 25.7. The van der Waals surface area contributed by atoms with E-state index in [-0.39, 0.29) is 56.8 Å². The van der Waals surface area contributed by atoms with Gasteiger partial charge in [-0.15, -0.1) is 0 Å². The van der Waals surface area contributed by atoms with Gasteiger partial charge in [-0.3, -0.25) is 43.3 Å². The van der Waals surface area contributed by atoms with Crippen molar-refractivity contribution >= 4 is 47.3 Å². The lowest BCUT2D eigenvalue weighted by Gasteiger charge is -2.19. The maximum absolute atomic E-state index is 12.9. The molecule has 2 atom stereocenters. The number of imide groups is 1. The first kappa shape index (κ1) is 37.1. The first-order valence-electron chi connectivity index (χ1n) is 14.8. The van der Waals surface area contributed by atoms with Crippen molar-refractivity contribution in [2.24, 2.45) is 5.73 Å². The lowest BCUT2D eigenvalue weighted by atomic mass is 10.1. The average molecular weight is 644 g/mol. The van der Waals surface area contributed by atoms with E-state index in [1.807, 2.05) is 0 Å². The van der Waals surface area contributed by atoms with Crippen LogP contribution in [0.15, 0.2) is 42.5 Å². The van der Waals surface area contributed by atoms with E-state index >= 15 is 0 Å². The van der Waals surface area contributed by atoms with E-state index in [1.165, 1.54) is 12.2 Å². The molecule has 0 saturated carbocycles. The largest absolute Gasteiger partial charge is 0.370 e. The zero-order valence-corrected chi connectivity index (χ0v) is 25.7. The summed E-state index contributed by atoms with van der Waals surface area (Å²) >= 11 is 0. The fourth-order valence-electron chi connectivity index (χ4n) is 4.16. The van der Waals surface area contributed by atoms with Gasteiger partial charge in [-0.1, -0.05) is 36.8 Å². The van der Waals surface area contributed by atoms with Crippen molar-refractivity contribution in [2.75, 3.05) is 32.9 Å². The number of carbonyl (C=O) groups excluding carboxylic acids is 8. The third-order valence-corrected chi connectivity index (χ3v) is 6.56. The van der Waals surface area contributed by atoms with Crippen molar-refractivity contribution in [2.45, 2.75) is 57.6 Å². The number of benzene rings is 1. The zero-order chi connectivity index (χ0) is 33.9. The molecular formula is C30H41N7O9. The van der Waals surface area contributed by atoms with E-state index in [0.29, 0.717) is 19.3 Å². The Morgan fingerprint density at radius 2 is 1.39 bits per heavy atom. The smallest absolute Gasteiger partial charge is 0.253 e. The minimum absolute atomic E-state index is 0.0166. The number of carbonyl (C=O) groups is 8. The number of nitrogens with two attached hydrogens (primary N) is 1. The van der Waals surface area contributed by atoms with Crippen LogP contribution in [0.2, 0.25) is 0 Å². The molecule has 1 aromatic carbocycles. The summed E-state index contributed by atoms with van der Waals surface area (Å²) in [6.07, 6.45) is 3.81. The number of nitrogens with one attached hydrogen (secondary N) is 5. The number of nitrogens with zero attached hydrogens (tertiary/aromatic N) is 1. The standard InChI is InChI=1S/C30H41N7O9/c1-20(14-23(31)38)46-19-35-26(41)17-34-30(45)22(15-21-8-4-2-5-9-21)36-27(42)18-33-25(40)16-32-24(39)10-6-3-7-13-37-28(43)11-12-29(37)44/h2,4-5,8-9,11-12,20,22H,3,6-7,10,13-19H2,1H3,(H2,31,38)(H,32,39)(H,33,40)(H,34,45)(H,35,41)(H,36,42)/t20?,22-/m0/s1. The molecule has 1 unspecified atom stereocenters. The Bertz CT molecular complexity index is 1270. The quantitative estimate of drug-likeness (QED) is 0.0488. The number of ether oxygens (including phenoxy) is 1. The summed E-state index contributed by atoms with van der Waals surface area (Å²) in [7, 11) is 0. The maximum atomic E-state index is 12.9. The summed E-state index contributed by atoms with van der Waals surface area (Å²) in [6, 6.07) is 7.79. The Hall–Kier alpha value is -5.12. The molecule has 0 saturated heterocycles. The third kappa shape index (κ3) is 15.1. The Labute approximate surface area is 266 Å². The van der Waals surface area contributed by atoms with Crippen LogP contribution in [0, 0.1) is 0 Å². The lowest BCUT2D eigenvalue weighted by Crippen LogP contribution is -2.52. The Morgan fingerprint density at radius 1 is 0.783 bits per heavy atom. The highest BCUT2D eigenvalue weighted by Gasteiger charge is 2.23. The maximum Gasteiger partial charge on any atom is 0.253 e. The molecule has 1 heterocycles. The molecule has 0 radical (unpaired) electrons. The van der Waals surface area contributed by atoms with Crippen LogP contribution in [0.4, 0.5) is 0 Å². The first-order chi connectivity index (χ1) is 21.9. The van der Waals surface area contributed by atoms with Crippen molar-refractivity contribution in [3.8, 4) is 0 Å². The molecule has 0 aliphatic carbocycles. The van der Waals surface area contributed by atoms with Crippen LogP contribution in [-0.2, 0) is 49.5 Å². The average Bonchev–Trinajstić information content (AvgIpc) is 3.33. The molecule has 0 fully saturated rings. The fourth-order valence-corrected chi connectivity index (χ4v) is 4.16. The van der Waals surface area contributed by atoms with Gasteiger partial charge in [0.1, 0.15) is 12.8 Å². The van der Waals surface area contributed by atoms with Crippen LogP contribution in [0.25, 0.3) is 0 Å². The summed E-state index contributed by atoms with van der Waals surface area (Å²) in [5.74, 6) is -4.10. The van der Waals surface area contributed by atoms with E-state index in [1.54, 1.807) is 37.3 Å². The minimum atomic E-state index is -1.07. The highest BCUT2D eigenvalue weighted by atomic mass is 16.5. The molecule has 7 N–H and O–H groups in total. The first-order valence-corrected chi connectivity index (χ1v) is 14.8. The van der Waals surface area contributed by atoms with Gasteiger partial charge >= 0.3 is 0 Å². The van der Waals surface area contributed by atoms with Gasteiger partial charge in [-0.25, -0.2) is 0 Å². The number of rotatable bonds is 21. The van der Waals surface area contributed by atoms with E-state index in [0.717, 1.165) is 10.5 Å². The predicted molar refractivity (Wildman–Crippen MR) is 163 cm³/mol. The van der Waals surface area contributed by atoms with Gasteiger partial charge in [-0.2, -0.15) is 0 Å². The fraction of sp³-hybridized carbons (Fsp3) is 0.467. The molecule has 0 spiro atoms. The molecule has 16 nitrogen and oxygen atoms in total. The third-order valence-electron chi connectivity index (χ3n) is 6.56. The summed E-state index contributed by atoms with van der Waals surface area (Å²) in [6.45, 7) is 0.468. The molecule has 250 valence electrons. The number of unbranched alkanes of at least 4 members (excludes halogenated alkanes) is 2. The molecule has 2 rings (SSSR count).